The average molecular weight is 262 g/mol. The molecule has 0 aromatic rings. The number of hydrogen-bond acceptors (Lipinski definition) is 3. The van der Waals surface area contributed by atoms with E-state index in [1.807, 2.05) is 0 Å². The Morgan fingerprint density at radius 3 is 2.60 bits per heavy atom. The zero-order chi connectivity index (χ0) is 7.72. The van der Waals surface area contributed by atoms with Gasteiger partial charge < -0.3 is 14.9 Å². The van der Waals surface area contributed by atoms with Gasteiger partial charge >= 0.3 is 0 Å². The average Bonchev–Trinajstić information content (AvgIpc) is 1.93. The van der Waals surface area contributed by atoms with Crippen LogP contribution in [0.5, 0.6) is 0 Å². The largest absolute Gasteiger partial charge is 0.389 e. The predicted molar refractivity (Wildman–Crippen MR) is 40.7 cm³/mol. The molecule has 0 radical (unpaired) electrons. The van der Waals surface area contributed by atoms with E-state index in [2.05, 4.69) is 4.74 Å². The van der Waals surface area contributed by atoms with E-state index < -0.39 is 22.5 Å². The first-order valence-corrected chi connectivity index (χ1v) is 4.13. The van der Waals surface area contributed by atoms with Crippen molar-refractivity contribution in [2.75, 3.05) is 6.61 Å². The number of ether oxygens (including phenoxy) is 1. The van der Waals surface area contributed by atoms with Gasteiger partial charge in [0.1, 0.15) is 6.10 Å². The van der Waals surface area contributed by atoms with E-state index in [9.17, 15) is 4.39 Å². The lowest BCUT2D eigenvalue weighted by Gasteiger charge is -2.30. The molecule has 1 saturated heterocycles. The molecule has 60 valence electrons. The molecule has 1 unspecified atom stereocenters. The summed E-state index contributed by atoms with van der Waals surface area (Å²) in [5.41, 5.74) is 0. The molecule has 0 aromatic carbocycles. The van der Waals surface area contributed by atoms with Gasteiger partial charge in [-0.1, -0.05) is 22.6 Å². The van der Waals surface area contributed by atoms with Crippen LogP contribution in [0.3, 0.4) is 0 Å². The Morgan fingerprint density at radius 1 is 1.50 bits per heavy atom. The van der Waals surface area contributed by atoms with Gasteiger partial charge in [0, 0.05) is 0 Å². The number of aliphatic hydroxyl groups excluding tert-OH is 2. The van der Waals surface area contributed by atoms with Crippen LogP contribution < -0.4 is 0 Å². The predicted octanol–water partition coefficient (Wildman–Crippen LogP) is -0.162. The molecule has 3 nitrogen and oxygen atoms in total. The molecule has 0 amide bonds. The SMILES string of the molecule is O[C@H]1[C@H](O)COC(F)[C@@H]1I. The third-order valence-corrected chi connectivity index (χ3v) is 2.70. The van der Waals surface area contributed by atoms with Crippen LogP contribution in [0.2, 0.25) is 0 Å². The molecule has 2 N–H and O–H groups in total. The maximum Gasteiger partial charge on any atom is 0.213 e. The molecule has 4 atom stereocenters. The molecular weight excluding hydrogens is 254 g/mol. The second-order valence-electron chi connectivity index (χ2n) is 2.19. The highest BCUT2D eigenvalue weighted by Crippen LogP contribution is 2.23. The third-order valence-electron chi connectivity index (χ3n) is 1.40. The minimum atomic E-state index is -1.46. The first-order valence-electron chi connectivity index (χ1n) is 2.89. The number of hydrogen-bond donors (Lipinski definition) is 2. The van der Waals surface area contributed by atoms with Crippen LogP contribution in [0, 0.1) is 0 Å². The molecule has 10 heavy (non-hydrogen) atoms. The van der Waals surface area contributed by atoms with E-state index >= 15 is 0 Å². The van der Waals surface area contributed by atoms with E-state index in [0.29, 0.717) is 0 Å². The normalized spacial score (nSPS) is 49.2. The monoisotopic (exact) mass is 262 g/mol. The molecule has 1 heterocycles. The molecule has 1 fully saturated rings. The number of halogens is 2. The van der Waals surface area contributed by atoms with Crippen molar-refractivity contribution in [3.05, 3.63) is 0 Å². The lowest BCUT2D eigenvalue weighted by molar-refractivity contribution is -0.152. The van der Waals surface area contributed by atoms with E-state index in [1.54, 1.807) is 22.6 Å². The maximum atomic E-state index is 12.5. The summed E-state index contributed by atoms with van der Waals surface area (Å²) in [5, 5.41) is 18.0. The van der Waals surface area contributed by atoms with Gasteiger partial charge in [-0.25, -0.2) is 4.39 Å². The highest BCUT2D eigenvalue weighted by Gasteiger charge is 2.36. The van der Waals surface area contributed by atoms with E-state index in [-0.39, 0.29) is 6.61 Å². The molecule has 1 aliphatic rings. The van der Waals surface area contributed by atoms with Gasteiger partial charge in [0.2, 0.25) is 6.36 Å². The minimum absolute atomic E-state index is 0.123. The maximum absolute atomic E-state index is 12.5. The number of rotatable bonds is 0. The first-order chi connectivity index (χ1) is 4.63. The van der Waals surface area contributed by atoms with Crippen LogP contribution >= 0.6 is 22.6 Å². The Kier molecular flexibility index (Phi) is 2.84. The van der Waals surface area contributed by atoms with Crippen molar-refractivity contribution in [2.45, 2.75) is 22.5 Å². The van der Waals surface area contributed by atoms with E-state index in [4.69, 9.17) is 10.2 Å². The first kappa shape index (κ1) is 8.63. The molecule has 1 rings (SSSR count). The van der Waals surface area contributed by atoms with Crippen molar-refractivity contribution in [1.29, 1.82) is 0 Å². The molecule has 1 aliphatic heterocycles. The van der Waals surface area contributed by atoms with Crippen LogP contribution in [0.15, 0.2) is 0 Å². The van der Waals surface area contributed by atoms with Gasteiger partial charge in [0.15, 0.2) is 0 Å². The lowest BCUT2D eigenvalue weighted by Crippen LogP contribution is -2.48. The summed E-state index contributed by atoms with van der Waals surface area (Å²) in [6.45, 7) is -0.123. The van der Waals surface area contributed by atoms with Gasteiger partial charge in [-0.15, -0.1) is 0 Å². The Balaban J connectivity index is 2.52. The highest BCUT2D eigenvalue weighted by atomic mass is 127. The van der Waals surface area contributed by atoms with Crippen LogP contribution in [0.1, 0.15) is 0 Å². The van der Waals surface area contributed by atoms with Crippen LogP contribution in [0.4, 0.5) is 4.39 Å². The van der Waals surface area contributed by atoms with Crippen molar-refractivity contribution >= 4 is 22.6 Å². The van der Waals surface area contributed by atoms with Crippen LogP contribution in [-0.2, 0) is 4.74 Å². The summed E-state index contributed by atoms with van der Waals surface area (Å²) in [6, 6.07) is 0. The van der Waals surface area contributed by atoms with E-state index in [0.717, 1.165) is 0 Å². The summed E-state index contributed by atoms with van der Waals surface area (Å²) in [4.78, 5) is 0. The summed E-state index contributed by atoms with van der Waals surface area (Å²) in [7, 11) is 0. The number of alkyl halides is 2. The molecule has 0 spiro atoms. The van der Waals surface area contributed by atoms with Gasteiger partial charge in [-0.3, -0.25) is 0 Å². The quantitative estimate of drug-likeness (QED) is 0.471. The van der Waals surface area contributed by atoms with Gasteiger partial charge in [0.25, 0.3) is 0 Å². The van der Waals surface area contributed by atoms with Crippen molar-refractivity contribution in [3.8, 4) is 0 Å². The smallest absolute Gasteiger partial charge is 0.213 e. The summed E-state index contributed by atoms with van der Waals surface area (Å²) in [5.74, 6) is 0. The Bertz CT molecular complexity index is 109. The Hall–Kier alpha value is 0.540. The topological polar surface area (TPSA) is 49.7 Å². The fourth-order valence-electron chi connectivity index (χ4n) is 0.748. The molecular formula is C5H8FIO3. The number of aliphatic hydroxyl groups is 2. The van der Waals surface area contributed by atoms with Crippen molar-refractivity contribution in [2.24, 2.45) is 0 Å². The molecule has 0 bridgehead atoms. The Labute approximate surface area is 71.3 Å². The zero-order valence-electron chi connectivity index (χ0n) is 5.08. The second-order valence-corrected chi connectivity index (χ2v) is 3.63. The second kappa shape index (κ2) is 3.29. The van der Waals surface area contributed by atoms with E-state index in [1.165, 1.54) is 0 Å². The minimum Gasteiger partial charge on any atom is -0.389 e. The van der Waals surface area contributed by atoms with Gasteiger partial charge in [-0.2, -0.15) is 0 Å². The standard InChI is InChI=1S/C5H8FIO3/c6-5-3(7)4(9)2(8)1-10-5/h2-5,8-9H,1H2/t2-,3-,4+,5?/m1/s1. The molecule has 5 heteroatoms. The fraction of sp³-hybridized carbons (Fsp3) is 1.00. The molecule has 0 aliphatic carbocycles. The van der Waals surface area contributed by atoms with Crippen molar-refractivity contribution < 1.29 is 19.3 Å². The molecule has 0 saturated carbocycles. The highest BCUT2D eigenvalue weighted by molar-refractivity contribution is 14.1. The fourth-order valence-corrected chi connectivity index (χ4v) is 1.44. The molecule has 0 aromatic heterocycles. The third kappa shape index (κ3) is 1.58. The van der Waals surface area contributed by atoms with Crippen molar-refractivity contribution in [3.63, 3.8) is 0 Å². The zero-order valence-corrected chi connectivity index (χ0v) is 7.23. The van der Waals surface area contributed by atoms with Crippen molar-refractivity contribution in [1.82, 2.24) is 0 Å². The summed E-state index contributed by atoms with van der Waals surface area (Å²) >= 11 is 1.71. The summed E-state index contributed by atoms with van der Waals surface area (Å²) in [6.07, 6.45) is -3.42. The van der Waals surface area contributed by atoms with Gasteiger partial charge in [-0.05, 0) is 0 Å². The lowest BCUT2D eigenvalue weighted by atomic mass is 10.1. The van der Waals surface area contributed by atoms with Crippen LogP contribution in [-0.4, -0.2) is 39.3 Å². The van der Waals surface area contributed by atoms with Gasteiger partial charge in [0.05, 0.1) is 16.6 Å². The Morgan fingerprint density at radius 2 is 2.10 bits per heavy atom. The summed E-state index contributed by atoms with van der Waals surface area (Å²) < 4.78 is 16.3. The van der Waals surface area contributed by atoms with Crippen LogP contribution in [0.25, 0.3) is 0 Å².